The number of hydrogen-bond donors (Lipinski definition) is 2. The molecule has 0 atom stereocenters. The van der Waals surface area contributed by atoms with Crippen molar-refractivity contribution in [3.63, 3.8) is 0 Å². The number of amides is 1. The molecule has 34 heavy (non-hydrogen) atoms. The molecule has 1 aliphatic heterocycles. The smallest absolute Gasteiger partial charge is 0.243 e. The number of ether oxygens (including phenoxy) is 1. The van der Waals surface area contributed by atoms with Gasteiger partial charge >= 0.3 is 0 Å². The molecule has 2 aromatic heterocycles. The van der Waals surface area contributed by atoms with Crippen LogP contribution in [-0.2, 0) is 26.1 Å². The Balaban J connectivity index is 1.50. The van der Waals surface area contributed by atoms with Gasteiger partial charge in [0.15, 0.2) is 0 Å². The summed E-state index contributed by atoms with van der Waals surface area (Å²) in [5, 5.41) is 9.99. The molecule has 2 N–H and O–H groups in total. The maximum atomic E-state index is 12.9. The van der Waals surface area contributed by atoms with Crippen LogP contribution in [0, 0.1) is 6.92 Å². The summed E-state index contributed by atoms with van der Waals surface area (Å²) < 4.78 is 34.0. The summed E-state index contributed by atoms with van der Waals surface area (Å²) in [6, 6.07) is 6.69. The van der Waals surface area contributed by atoms with Crippen LogP contribution in [0.1, 0.15) is 12.5 Å². The van der Waals surface area contributed by atoms with E-state index in [1.807, 2.05) is 13.8 Å². The molecule has 0 radical (unpaired) electrons. The molecule has 180 valence electrons. The Morgan fingerprint density at radius 3 is 2.59 bits per heavy atom. The minimum absolute atomic E-state index is 0.120. The zero-order valence-corrected chi connectivity index (χ0v) is 19.9. The molecule has 3 heterocycles. The van der Waals surface area contributed by atoms with Crippen LogP contribution in [0.5, 0.6) is 0 Å². The van der Waals surface area contributed by atoms with Crippen LogP contribution in [0.4, 0.5) is 11.6 Å². The predicted octanol–water partition coefficient (Wildman–Crippen LogP) is 1.55. The monoisotopic (exact) mass is 485 g/mol. The molecule has 0 saturated carbocycles. The molecule has 0 spiro atoms. The van der Waals surface area contributed by atoms with Gasteiger partial charge in [-0.3, -0.25) is 9.48 Å². The standard InChI is InChI=1S/C22H27N7O4S/c1-3-23-20(30)15-28-14-18(13-25-28)26-22-24-12-16(2)21(27-22)17-4-6-19(7-5-17)34(31,32)29-8-10-33-11-9-29/h4-7,12-14H,3,8-11,15H2,1-2H3,(H,23,30)(H,24,26,27). The van der Waals surface area contributed by atoms with E-state index in [0.717, 1.165) is 11.1 Å². The Labute approximate surface area is 198 Å². The topological polar surface area (TPSA) is 131 Å². The summed E-state index contributed by atoms with van der Waals surface area (Å²) in [5.41, 5.74) is 2.95. The molecule has 3 aromatic rings. The van der Waals surface area contributed by atoms with Gasteiger partial charge in [-0.1, -0.05) is 12.1 Å². The third kappa shape index (κ3) is 5.41. The summed E-state index contributed by atoms with van der Waals surface area (Å²) in [6.07, 6.45) is 4.99. The fourth-order valence-electron chi connectivity index (χ4n) is 3.56. The van der Waals surface area contributed by atoms with Gasteiger partial charge in [0.05, 0.1) is 35.7 Å². The molecule has 0 bridgehead atoms. The van der Waals surface area contributed by atoms with Gasteiger partial charge in [-0.05, 0) is 31.5 Å². The van der Waals surface area contributed by atoms with Crippen molar-refractivity contribution in [2.24, 2.45) is 0 Å². The molecule has 11 nitrogen and oxygen atoms in total. The van der Waals surface area contributed by atoms with Crippen molar-refractivity contribution < 1.29 is 17.9 Å². The minimum atomic E-state index is -3.56. The first kappa shape index (κ1) is 23.8. The van der Waals surface area contributed by atoms with Gasteiger partial charge in [-0.25, -0.2) is 18.4 Å². The number of aromatic nitrogens is 4. The summed E-state index contributed by atoms with van der Waals surface area (Å²) >= 11 is 0. The molecule has 1 fully saturated rings. The number of sulfonamides is 1. The third-order valence-corrected chi connectivity index (χ3v) is 7.19. The second kappa shape index (κ2) is 10.3. The van der Waals surface area contributed by atoms with E-state index in [4.69, 9.17) is 4.74 Å². The number of carbonyl (C=O) groups is 1. The third-order valence-electron chi connectivity index (χ3n) is 5.28. The van der Waals surface area contributed by atoms with Crippen molar-refractivity contribution in [3.05, 3.63) is 48.4 Å². The second-order valence-electron chi connectivity index (χ2n) is 7.77. The van der Waals surface area contributed by atoms with E-state index >= 15 is 0 Å². The number of carbonyl (C=O) groups excluding carboxylic acids is 1. The highest BCUT2D eigenvalue weighted by Gasteiger charge is 2.26. The predicted molar refractivity (Wildman–Crippen MR) is 126 cm³/mol. The molecular formula is C22H27N7O4S. The van der Waals surface area contributed by atoms with Gasteiger partial charge < -0.3 is 15.4 Å². The Hall–Kier alpha value is -3.35. The molecule has 12 heteroatoms. The van der Waals surface area contributed by atoms with Crippen molar-refractivity contribution in [1.82, 2.24) is 29.4 Å². The van der Waals surface area contributed by atoms with Crippen LogP contribution in [0.15, 0.2) is 47.8 Å². The van der Waals surface area contributed by atoms with Gasteiger partial charge in [0.25, 0.3) is 0 Å². The first-order valence-corrected chi connectivity index (χ1v) is 12.4. The maximum absolute atomic E-state index is 12.9. The van der Waals surface area contributed by atoms with E-state index in [1.54, 1.807) is 42.9 Å². The van der Waals surface area contributed by atoms with E-state index < -0.39 is 10.0 Å². The normalized spacial score (nSPS) is 14.6. The van der Waals surface area contributed by atoms with Crippen LogP contribution in [0.3, 0.4) is 0 Å². The Morgan fingerprint density at radius 2 is 1.88 bits per heavy atom. The SMILES string of the molecule is CCNC(=O)Cn1cc(Nc2ncc(C)c(-c3ccc(S(=O)(=O)N4CCOCC4)cc3)n2)cn1. The lowest BCUT2D eigenvalue weighted by Gasteiger charge is -2.26. The number of nitrogens with zero attached hydrogens (tertiary/aromatic N) is 5. The maximum Gasteiger partial charge on any atom is 0.243 e. The molecular weight excluding hydrogens is 458 g/mol. The lowest BCUT2D eigenvalue weighted by Crippen LogP contribution is -2.40. The number of hydrogen-bond acceptors (Lipinski definition) is 8. The quantitative estimate of drug-likeness (QED) is 0.491. The average molecular weight is 486 g/mol. The van der Waals surface area contributed by atoms with E-state index in [0.29, 0.717) is 50.2 Å². The Morgan fingerprint density at radius 1 is 1.15 bits per heavy atom. The number of anilines is 2. The van der Waals surface area contributed by atoms with Crippen LogP contribution in [0.2, 0.25) is 0 Å². The van der Waals surface area contributed by atoms with Crippen molar-refractivity contribution in [1.29, 1.82) is 0 Å². The Kier molecular flexibility index (Phi) is 7.20. The molecule has 0 unspecified atom stereocenters. The van der Waals surface area contributed by atoms with Crippen molar-refractivity contribution in [2.45, 2.75) is 25.3 Å². The fraction of sp³-hybridized carbons (Fsp3) is 0.364. The summed E-state index contributed by atoms with van der Waals surface area (Å²) in [4.78, 5) is 20.9. The minimum Gasteiger partial charge on any atom is -0.379 e. The van der Waals surface area contributed by atoms with E-state index in [1.165, 1.54) is 8.99 Å². The number of morpholine rings is 1. The summed E-state index contributed by atoms with van der Waals surface area (Å²) in [7, 11) is -3.56. The largest absolute Gasteiger partial charge is 0.379 e. The lowest BCUT2D eigenvalue weighted by molar-refractivity contribution is -0.121. The van der Waals surface area contributed by atoms with E-state index in [9.17, 15) is 13.2 Å². The number of benzene rings is 1. The number of nitrogens with one attached hydrogen (secondary N) is 2. The van der Waals surface area contributed by atoms with Gasteiger partial charge in [0.2, 0.25) is 21.9 Å². The van der Waals surface area contributed by atoms with E-state index in [-0.39, 0.29) is 17.3 Å². The molecule has 1 aromatic carbocycles. The van der Waals surface area contributed by atoms with Gasteiger partial charge in [-0.15, -0.1) is 0 Å². The molecule has 1 aliphatic rings. The zero-order valence-electron chi connectivity index (χ0n) is 19.1. The highest BCUT2D eigenvalue weighted by molar-refractivity contribution is 7.89. The van der Waals surface area contributed by atoms with E-state index in [2.05, 4.69) is 25.7 Å². The highest BCUT2D eigenvalue weighted by Crippen LogP contribution is 2.26. The first-order chi connectivity index (χ1) is 16.4. The number of likely N-dealkylation sites (N-methyl/N-ethyl adjacent to an activating group) is 1. The van der Waals surface area contributed by atoms with Gasteiger partial charge in [-0.2, -0.15) is 9.40 Å². The molecule has 1 saturated heterocycles. The van der Waals surface area contributed by atoms with Gasteiger partial charge in [0.1, 0.15) is 6.54 Å². The Bertz CT molecular complexity index is 1250. The van der Waals surface area contributed by atoms with Crippen LogP contribution >= 0.6 is 0 Å². The highest BCUT2D eigenvalue weighted by atomic mass is 32.2. The lowest BCUT2D eigenvalue weighted by atomic mass is 10.1. The average Bonchev–Trinajstić information content (AvgIpc) is 3.27. The van der Waals surface area contributed by atoms with Gasteiger partial charge in [0, 0.05) is 37.6 Å². The molecule has 0 aliphatic carbocycles. The number of rotatable bonds is 8. The van der Waals surface area contributed by atoms with Crippen LogP contribution in [-0.4, -0.2) is 71.2 Å². The van der Waals surface area contributed by atoms with Crippen molar-refractivity contribution >= 4 is 27.6 Å². The first-order valence-electron chi connectivity index (χ1n) is 10.9. The second-order valence-corrected chi connectivity index (χ2v) is 9.71. The summed E-state index contributed by atoms with van der Waals surface area (Å²) in [5.74, 6) is 0.244. The van der Waals surface area contributed by atoms with Crippen LogP contribution < -0.4 is 10.6 Å². The number of aryl methyl sites for hydroxylation is 1. The fourth-order valence-corrected chi connectivity index (χ4v) is 4.97. The van der Waals surface area contributed by atoms with Crippen molar-refractivity contribution in [2.75, 3.05) is 38.2 Å². The van der Waals surface area contributed by atoms with Crippen molar-refractivity contribution in [3.8, 4) is 11.3 Å². The molecule has 4 rings (SSSR count). The van der Waals surface area contributed by atoms with Crippen LogP contribution in [0.25, 0.3) is 11.3 Å². The molecule has 1 amide bonds. The zero-order chi connectivity index (χ0) is 24.1. The summed E-state index contributed by atoms with van der Waals surface area (Å²) in [6.45, 7) is 5.93.